The molecule has 5 nitrogen and oxygen atoms in total. The summed E-state index contributed by atoms with van der Waals surface area (Å²) in [6.45, 7) is 4.34. The van der Waals surface area contributed by atoms with E-state index in [9.17, 15) is 9.59 Å². The summed E-state index contributed by atoms with van der Waals surface area (Å²) in [5, 5.41) is 0.677. The first-order chi connectivity index (χ1) is 12.6. The van der Waals surface area contributed by atoms with E-state index in [0.717, 1.165) is 5.56 Å². The van der Waals surface area contributed by atoms with Gasteiger partial charge in [0, 0.05) is 37.1 Å². The number of carbonyl (C=O) groups is 2. The van der Waals surface area contributed by atoms with Crippen LogP contribution in [0.3, 0.4) is 0 Å². The Kier molecular flexibility index (Phi) is 5.99. The molecule has 1 aliphatic rings. The van der Waals surface area contributed by atoms with E-state index in [0.29, 0.717) is 49.8 Å². The van der Waals surface area contributed by atoms with Gasteiger partial charge in [-0.1, -0.05) is 23.7 Å². The highest BCUT2D eigenvalue weighted by atomic mass is 35.5. The Hall–Kier alpha value is -2.27. The van der Waals surface area contributed by atoms with Crippen LogP contribution in [-0.4, -0.2) is 41.2 Å². The largest absolute Gasteiger partial charge is 0.459 e. The predicted octanol–water partition coefficient (Wildman–Crippen LogP) is 3.83. The van der Waals surface area contributed by atoms with E-state index in [2.05, 4.69) is 0 Å². The SMILES string of the molecule is CCN(Cc1cccc(Cl)c1)C(=O)C1CCN(C(=O)c2ccco2)CC1. The molecule has 0 saturated carbocycles. The normalized spacial score (nSPS) is 15.1. The third-order valence-corrected chi connectivity index (χ3v) is 5.05. The van der Waals surface area contributed by atoms with Gasteiger partial charge in [0.15, 0.2) is 5.76 Å². The van der Waals surface area contributed by atoms with Crippen molar-refractivity contribution in [1.82, 2.24) is 9.80 Å². The molecule has 138 valence electrons. The number of halogens is 1. The smallest absolute Gasteiger partial charge is 0.289 e. The van der Waals surface area contributed by atoms with Gasteiger partial charge >= 0.3 is 0 Å². The van der Waals surface area contributed by atoms with Crippen LogP contribution in [0.1, 0.15) is 35.9 Å². The lowest BCUT2D eigenvalue weighted by Gasteiger charge is -2.33. The molecule has 2 heterocycles. The zero-order chi connectivity index (χ0) is 18.5. The molecule has 0 N–H and O–H groups in total. The van der Waals surface area contributed by atoms with Gasteiger partial charge in [0.25, 0.3) is 5.91 Å². The number of benzene rings is 1. The van der Waals surface area contributed by atoms with Gasteiger partial charge in [0.05, 0.1) is 6.26 Å². The first kappa shape index (κ1) is 18.5. The van der Waals surface area contributed by atoms with Crippen molar-refractivity contribution in [3.05, 3.63) is 59.0 Å². The molecule has 1 aliphatic heterocycles. The Labute approximate surface area is 158 Å². The second-order valence-electron chi connectivity index (χ2n) is 6.53. The molecular weight excluding hydrogens is 352 g/mol. The summed E-state index contributed by atoms with van der Waals surface area (Å²) < 4.78 is 5.18. The van der Waals surface area contributed by atoms with Crippen molar-refractivity contribution in [1.29, 1.82) is 0 Å². The number of furan rings is 1. The summed E-state index contributed by atoms with van der Waals surface area (Å²) in [4.78, 5) is 28.8. The number of likely N-dealkylation sites (tertiary alicyclic amines) is 1. The van der Waals surface area contributed by atoms with E-state index in [-0.39, 0.29) is 17.7 Å². The van der Waals surface area contributed by atoms with Crippen LogP contribution in [0.5, 0.6) is 0 Å². The van der Waals surface area contributed by atoms with Crippen LogP contribution in [0.4, 0.5) is 0 Å². The van der Waals surface area contributed by atoms with E-state index in [1.165, 1.54) is 6.26 Å². The van der Waals surface area contributed by atoms with Crippen molar-refractivity contribution in [3.63, 3.8) is 0 Å². The summed E-state index contributed by atoms with van der Waals surface area (Å²) in [5.74, 6) is 0.352. The number of nitrogens with zero attached hydrogens (tertiary/aromatic N) is 2. The maximum absolute atomic E-state index is 12.9. The number of amides is 2. The maximum Gasteiger partial charge on any atom is 0.289 e. The molecule has 0 radical (unpaired) electrons. The maximum atomic E-state index is 12.9. The molecule has 1 aromatic carbocycles. The fourth-order valence-corrected chi connectivity index (χ4v) is 3.56. The third kappa shape index (κ3) is 4.28. The molecule has 1 aromatic heterocycles. The highest BCUT2D eigenvalue weighted by Gasteiger charge is 2.30. The van der Waals surface area contributed by atoms with Gasteiger partial charge in [-0.3, -0.25) is 9.59 Å². The summed E-state index contributed by atoms with van der Waals surface area (Å²) in [7, 11) is 0. The van der Waals surface area contributed by atoms with Crippen LogP contribution >= 0.6 is 11.6 Å². The minimum Gasteiger partial charge on any atom is -0.459 e. The molecule has 2 amide bonds. The van der Waals surface area contributed by atoms with Crippen molar-refractivity contribution >= 4 is 23.4 Å². The van der Waals surface area contributed by atoms with Crippen LogP contribution in [-0.2, 0) is 11.3 Å². The molecular formula is C20H23ClN2O3. The number of rotatable bonds is 5. The van der Waals surface area contributed by atoms with Gasteiger partial charge < -0.3 is 14.2 Å². The van der Waals surface area contributed by atoms with Gasteiger partial charge in [-0.15, -0.1) is 0 Å². The van der Waals surface area contributed by atoms with E-state index in [4.69, 9.17) is 16.0 Å². The summed E-state index contributed by atoms with van der Waals surface area (Å²) in [6.07, 6.45) is 2.85. The molecule has 0 unspecified atom stereocenters. The molecule has 1 fully saturated rings. The van der Waals surface area contributed by atoms with Crippen molar-refractivity contribution in [3.8, 4) is 0 Å². The van der Waals surface area contributed by atoms with Crippen LogP contribution in [0.2, 0.25) is 5.02 Å². The minimum absolute atomic E-state index is 0.0465. The molecule has 0 spiro atoms. The van der Waals surface area contributed by atoms with E-state index in [1.54, 1.807) is 17.0 Å². The van der Waals surface area contributed by atoms with Crippen molar-refractivity contribution in [2.75, 3.05) is 19.6 Å². The molecule has 0 bridgehead atoms. The molecule has 26 heavy (non-hydrogen) atoms. The van der Waals surface area contributed by atoms with Gasteiger partial charge in [-0.2, -0.15) is 0 Å². The molecule has 2 aromatic rings. The quantitative estimate of drug-likeness (QED) is 0.799. The van der Waals surface area contributed by atoms with Gasteiger partial charge in [0.1, 0.15) is 0 Å². The number of piperidine rings is 1. The number of hydrogen-bond acceptors (Lipinski definition) is 3. The van der Waals surface area contributed by atoms with Crippen molar-refractivity contribution in [2.24, 2.45) is 5.92 Å². The van der Waals surface area contributed by atoms with Gasteiger partial charge in [0.2, 0.25) is 5.91 Å². The Morgan fingerprint density at radius 3 is 2.62 bits per heavy atom. The topological polar surface area (TPSA) is 53.8 Å². The molecule has 1 saturated heterocycles. The highest BCUT2D eigenvalue weighted by Crippen LogP contribution is 2.23. The van der Waals surface area contributed by atoms with Crippen LogP contribution < -0.4 is 0 Å². The average Bonchev–Trinajstić information content (AvgIpc) is 3.20. The third-order valence-electron chi connectivity index (χ3n) is 4.82. The van der Waals surface area contributed by atoms with Gasteiger partial charge in [-0.25, -0.2) is 0 Å². The minimum atomic E-state index is -0.104. The Morgan fingerprint density at radius 2 is 2.00 bits per heavy atom. The first-order valence-electron chi connectivity index (χ1n) is 8.94. The second kappa shape index (κ2) is 8.41. The van der Waals surface area contributed by atoms with Crippen LogP contribution in [0.15, 0.2) is 47.1 Å². The Bertz CT molecular complexity index is 752. The van der Waals surface area contributed by atoms with Crippen LogP contribution in [0, 0.1) is 5.92 Å². The second-order valence-corrected chi connectivity index (χ2v) is 6.96. The highest BCUT2D eigenvalue weighted by molar-refractivity contribution is 6.30. The predicted molar refractivity (Wildman–Crippen MR) is 99.9 cm³/mol. The first-order valence-corrected chi connectivity index (χ1v) is 9.32. The molecule has 6 heteroatoms. The lowest BCUT2D eigenvalue weighted by atomic mass is 9.94. The zero-order valence-corrected chi connectivity index (χ0v) is 15.6. The van der Waals surface area contributed by atoms with E-state index < -0.39 is 0 Å². The monoisotopic (exact) mass is 374 g/mol. The van der Waals surface area contributed by atoms with Crippen molar-refractivity contribution in [2.45, 2.75) is 26.3 Å². The summed E-state index contributed by atoms with van der Waals surface area (Å²) in [6, 6.07) is 11.0. The van der Waals surface area contributed by atoms with Crippen LogP contribution in [0.25, 0.3) is 0 Å². The molecule has 0 aliphatic carbocycles. The average molecular weight is 375 g/mol. The summed E-state index contributed by atoms with van der Waals surface area (Å²) in [5.41, 5.74) is 1.03. The fraction of sp³-hybridized carbons (Fsp3) is 0.400. The van der Waals surface area contributed by atoms with Crippen molar-refractivity contribution < 1.29 is 14.0 Å². The lowest BCUT2D eigenvalue weighted by Crippen LogP contribution is -2.44. The summed E-state index contributed by atoms with van der Waals surface area (Å²) >= 11 is 6.04. The molecule has 3 rings (SSSR count). The zero-order valence-electron chi connectivity index (χ0n) is 14.9. The fourth-order valence-electron chi connectivity index (χ4n) is 3.35. The van der Waals surface area contributed by atoms with Gasteiger partial charge in [-0.05, 0) is 49.6 Å². The Balaban J connectivity index is 1.57. The Morgan fingerprint density at radius 1 is 1.23 bits per heavy atom. The number of carbonyl (C=O) groups excluding carboxylic acids is 2. The lowest BCUT2D eigenvalue weighted by molar-refractivity contribution is -0.137. The number of hydrogen-bond donors (Lipinski definition) is 0. The molecule has 0 atom stereocenters. The van der Waals surface area contributed by atoms with E-state index >= 15 is 0 Å². The van der Waals surface area contributed by atoms with E-state index in [1.807, 2.05) is 36.1 Å². The standard InChI is InChI=1S/C20H23ClN2O3/c1-2-22(14-15-5-3-6-17(21)13-15)19(24)16-8-10-23(11-9-16)20(25)18-7-4-12-26-18/h3-7,12-13,16H,2,8-11,14H2,1H3.